The highest BCUT2D eigenvalue weighted by Crippen LogP contribution is 2.31. The van der Waals surface area contributed by atoms with Crippen LogP contribution in [0.3, 0.4) is 0 Å². The maximum absolute atomic E-state index is 13.5. The fourth-order valence-electron chi connectivity index (χ4n) is 4.73. The Balaban J connectivity index is 1.59. The molecule has 0 spiro atoms. The number of dihydropyridines is 1. The molecule has 1 aliphatic heterocycles. The number of nitrogens with zero attached hydrogens (tertiary/aromatic N) is 1. The summed E-state index contributed by atoms with van der Waals surface area (Å²) < 4.78 is 39.4. The van der Waals surface area contributed by atoms with Crippen LogP contribution in [0.1, 0.15) is 54.9 Å². The fraction of sp³-hybridized carbons (Fsp3) is 0.290. The molecule has 192 valence electrons. The van der Waals surface area contributed by atoms with E-state index in [1.165, 1.54) is 11.6 Å². The van der Waals surface area contributed by atoms with Crippen molar-refractivity contribution < 1.29 is 18.0 Å². The molecular weight excluding hydrogens is 473 g/mol. The lowest BCUT2D eigenvalue weighted by Crippen LogP contribution is -2.33. The lowest BCUT2D eigenvalue weighted by molar-refractivity contribution is -0.137. The van der Waals surface area contributed by atoms with Crippen molar-refractivity contribution in [3.8, 4) is 0 Å². The largest absolute Gasteiger partial charge is 0.416 e. The molecule has 4 rings (SSSR count). The smallest absolute Gasteiger partial charge is 0.348 e. The zero-order chi connectivity index (χ0) is 26.3. The van der Waals surface area contributed by atoms with E-state index in [2.05, 4.69) is 24.4 Å². The maximum atomic E-state index is 13.5. The number of nitrogens with one attached hydrogen (secondary N) is 1. The molecule has 3 nitrogen and oxygen atoms in total. The van der Waals surface area contributed by atoms with E-state index in [1.54, 1.807) is 6.07 Å². The summed E-state index contributed by atoms with van der Waals surface area (Å²) in [6.07, 6.45) is -0.321. The van der Waals surface area contributed by atoms with E-state index in [4.69, 9.17) is 4.99 Å². The van der Waals surface area contributed by atoms with Crippen LogP contribution in [0, 0.1) is 0 Å². The Morgan fingerprint density at radius 1 is 0.919 bits per heavy atom. The molecule has 3 aromatic carbocycles. The molecule has 1 amide bonds. The quantitative estimate of drug-likeness (QED) is 0.326. The van der Waals surface area contributed by atoms with Gasteiger partial charge in [-0.3, -0.25) is 9.79 Å². The van der Waals surface area contributed by atoms with Gasteiger partial charge in [-0.15, -0.1) is 0 Å². The first-order chi connectivity index (χ1) is 17.8. The predicted octanol–water partition coefficient (Wildman–Crippen LogP) is 7.31. The number of amides is 1. The Hall–Kier alpha value is -3.67. The molecule has 1 N–H and O–H groups in total. The number of halogens is 3. The van der Waals surface area contributed by atoms with Gasteiger partial charge in [0, 0.05) is 12.1 Å². The second-order valence-corrected chi connectivity index (χ2v) is 9.34. The molecule has 0 aromatic heterocycles. The van der Waals surface area contributed by atoms with Gasteiger partial charge in [0.25, 0.3) is 5.91 Å². The molecular formula is C31H31F3N2O. The lowest BCUT2D eigenvalue weighted by Gasteiger charge is -2.26. The molecule has 0 aliphatic carbocycles. The summed E-state index contributed by atoms with van der Waals surface area (Å²) in [4.78, 5) is 18.6. The highest BCUT2D eigenvalue weighted by molar-refractivity contribution is 6.29. The van der Waals surface area contributed by atoms with Crippen LogP contribution in [-0.2, 0) is 23.9 Å². The average molecular weight is 505 g/mol. The Labute approximate surface area is 216 Å². The molecule has 0 saturated carbocycles. The highest BCUT2D eigenvalue weighted by Gasteiger charge is 2.31. The molecule has 1 heterocycles. The Morgan fingerprint density at radius 2 is 1.59 bits per heavy atom. The zero-order valence-electron chi connectivity index (χ0n) is 20.9. The molecule has 1 aliphatic rings. The van der Waals surface area contributed by atoms with Gasteiger partial charge >= 0.3 is 6.18 Å². The van der Waals surface area contributed by atoms with Gasteiger partial charge in [-0.05, 0) is 48.9 Å². The number of hydrogen-bond donors (Lipinski definition) is 1. The second-order valence-electron chi connectivity index (χ2n) is 9.34. The van der Waals surface area contributed by atoms with E-state index in [0.717, 1.165) is 49.0 Å². The highest BCUT2D eigenvalue weighted by atomic mass is 19.4. The van der Waals surface area contributed by atoms with Crippen molar-refractivity contribution in [2.75, 3.05) is 0 Å². The van der Waals surface area contributed by atoms with Gasteiger partial charge in [-0.25, -0.2) is 0 Å². The van der Waals surface area contributed by atoms with Crippen molar-refractivity contribution in [2.24, 2.45) is 4.99 Å². The van der Waals surface area contributed by atoms with E-state index < -0.39 is 11.7 Å². The number of aliphatic imine (C=N–C) groups is 1. The number of carbonyl (C=O) groups excluding carboxylic acids is 1. The van der Waals surface area contributed by atoms with Gasteiger partial charge < -0.3 is 5.32 Å². The van der Waals surface area contributed by atoms with E-state index in [1.807, 2.05) is 48.5 Å². The van der Waals surface area contributed by atoms with Crippen molar-refractivity contribution in [3.63, 3.8) is 0 Å². The third-order valence-corrected chi connectivity index (χ3v) is 6.53. The van der Waals surface area contributed by atoms with Gasteiger partial charge in [0.05, 0.1) is 22.9 Å². The van der Waals surface area contributed by atoms with E-state index in [9.17, 15) is 18.0 Å². The SMILES string of the molecule is CCCC1=C(C(=O)NCc2cccc(C(F)(F)F)c2)C(c2ccccc2)=NC(CCc2ccccc2)C1. The summed E-state index contributed by atoms with van der Waals surface area (Å²) in [5.41, 5.74) is 4.06. The monoisotopic (exact) mass is 504 g/mol. The molecule has 0 radical (unpaired) electrons. The van der Waals surface area contributed by atoms with Crippen LogP contribution >= 0.6 is 0 Å². The van der Waals surface area contributed by atoms with Gasteiger partial charge in [-0.2, -0.15) is 13.2 Å². The summed E-state index contributed by atoms with van der Waals surface area (Å²) in [7, 11) is 0. The minimum Gasteiger partial charge on any atom is -0.348 e. The topological polar surface area (TPSA) is 41.5 Å². The standard InChI is InChI=1S/C31H31F3N2O/c1-2-10-25-20-27(18-17-22-11-5-3-6-12-22)36-29(24-14-7-4-8-15-24)28(25)30(37)35-21-23-13-9-16-26(19-23)31(32,33)34/h3-9,11-16,19,27H,2,10,17-18,20-21H2,1H3,(H,35,37). The lowest BCUT2D eigenvalue weighted by atomic mass is 9.86. The van der Waals surface area contributed by atoms with Crippen molar-refractivity contribution in [2.45, 2.75) is 57.8 Å². The Bertz CT molecular complexity index is 1260. The molecule has 1 unspecified atom stereocenters. The van der Waals surface area contributed by atoms with Crippen LogP contribution in [0.25, 0.3) is 0 Å². The third kappa shape index (κ3) is 6.97. The number of carbonyl (C=O) groups is 1. The van der Waals surface area contributed by atoms with E-state index in [0.29, 0.717) is 23.3 Å². The van der Waals surface area contributed by atoms with Gasteiger partial charge in [0.2, 0.25) is 0 Å². The molecule has 0 fully saturated rings. The molecule has 37 heavy (non-hydrogen) atoms. The number of benzene rings is 3. The van der Waals surface area contributed by atoms with Gasteiger partial charge in [0.1, 0.15) is 0 Å². The minimum atomic E-state index is -4.43. The number of aryl methyl sites for hydroxylation is 1. The fourth-order valence-corrected chi connectivity index (χ4v) is 4.73. The molecule has 6 heteroatoms. The maximum Gasteiger partial charge on any atom is 0.416 e. The first-order valence-corrected chi connectivity index (χ1v) is 12.7. The summed E-state index contributed by atoms with van der Waals surface area (Å²) >= 11 is 0. The minimum absolute atomic E-state index is 0.00512. The normalized spacial score (nSPS) is 15.9. The number of rotatable bonds is 9. The van der Waals surface area contributed by atoms with Crippen molar-refractivity contribution >= 4 is 11.6 Å². The van der Waals surface area contributed by atoms with Crippen LogP contribution < -0.4 is 5.32 Å². The Kier molecular flexibility index (Phi) is 8.59. The summed E-state index contributed by atoms with van der Waals surface area (Å²) in [6.45, 7) is 2.09. The first kappa shape index (κ1) is 26.4. The van der Waals surface area contributed by atoms with Crippen molar-refractivity contribution in [1.82, 2.24) is 5.32 Å². The van der Waals surface area contributed by atoms with Gasteiger partial charge in [-0.1, -0.05) is 91.7 Å². The Morgan fingerprint density at radius 3 is 2.27 bits per heavy atom. The van der Waals surface area contributed by atoms with Crippen LogP contribution in [0.2, 0.25) is 0 Å². The summed E-state index contributed by atoms with van der Waals surface area (Å²) in [5.74, 6) is -0.301. The first-order valence-electron chi connectivity index (χ1n) is 12.7. The number of hydrogen-bond acceptors (Lipinski definition) is 2. The van der Waals surface area contributed by atoms with Crippen molar-refractivity contribution in [1.29, 1.82) is 0 Å². The van der Waals surface area contributed by atoms with Crippen LogP contribution in [0.15, 0.2) is 101 Å². The molecule has 1 atom stereocenters. The zero-order valence-corrected chi connectivity index (χ0v) is 20.9. The average Bonchev–Trinajstić information content (AvgIpc) is 2.91. The molecule has 0 bridgehead atoms. The summed E-state index contributed by atoms with van der Waals surface area (Å²) in [6, 6.07) is 25.1. The van der Waals surface area contributed by atoms with Crippen LogP contribution in [0.4, 0.5) is 13.2 Å². The summed E-state index contributed by atoms with van der Waals surface area (Å²) in [5, 5.41) is 2.86. The van der Waals surface area contributed by atoms with E-state index >= 15 is 0 Å². The van der Waals surface area contributed by atoms with Crippen LogP contribution in [0.5, 0.6) is 0 Å². The predicted molar refractivity (Wildman–Crippen MR) is 141 cm³/mol. The van der Waals surface area contributed by atoms with Crippen LogP contribution in [-0.4, -0.2) is 17.7 Å². The van der Waals surface area contributed by atoms with Crippen molar-refractivity contribution in [3.05, 3.63) is 118 Å². The van der Waals surface area contributed by atoms with Gasteiger partial charge in [0.15, 0.2) is 0 Å². The second kappa shape index (κ2) is 12.0. The molecule has 3 aromatic rings. The third-order valence-electron chi connectivity index (χ3n) is 6.53. The number of alkyl halides is 3. The van der Waals surface area contributed by atoms with E-state index in [-0.39, 0.29) is 18.5 Å². The molecule has 0 saturated heterocycles.